The van der Waals surface area contributed by atoms with Crippen LogP contribution in [0.1, 0.15) is 24.8 Å². The molecule has 29 heavy (non-hydrogen) atoms. The molecule has 1 saturated heterocycles. The van der Waals surface area contributed by atoms with Crippen molar-refractivity contribution >= 4 is 28.3 Å². The Labute approximate surface area is 174 Å². The summed E-state index contributed by atoms with van der Waals surface area (Å²) < 4.78 is 10.7. The number of amides is 2. The molecule has 0 unspecified atom stereocenters. The standard InChI is InChI=1S/C21H25N3O4S/c1-27-8-3-7-24-12-16(11-19(24)25)20(26)23-21-22-17(13-29-21)14-5-6-18-15(10-14)4-2-9-28-18/h5-6,10,13,16H,2-4,7-9,11-12H2,1H3,(H,22,23,26)/t16-/m0/s1. The molecule has 0 bridgehead atoms. The maximum absolute atomic E-state index is 12.6. The zero-order valence-corrected chi connectivity index (χ0v) is 17.3. The highest BCUT2D eigenvalue weighted by Gasteiger charge is 2.34. The highest BCUT2D eigenvalue weighted by atomic mass is 32.1. The first-order valence-electron chi connectivity index (χ1n) is 9.93. The third-order valence-corrected chi connectivity index (χ3v) is 6.06. The van der Waals surface area contributed by atoms with E-state index in [1.54, 1.807) is 12.0 Å². The number of nitrogens with zero attached hydrogens (tertiary/aromatic N) is 2. The van der Waals surface area contributed by atoms with Gasteiger partial charge in [-0.25, -0.2) is 4.98 Å². The van der Waals surface area contributed by atoms with Gasteiger partial charge in [-0.15, -0.1) is 11.3 Å². The summed E-state index contributed by atoms with van der Waals surface area (Å²) in [6.07, 6.45) is 3.06. The van der Waals surface area contributed by atoms with E-state index in [2.05, 4.69) is 16.4 Å². The molecule has 7 nitrogen and oxygen atoms in total. The number of ether oxygens (including phenoxy) is 2. The number of hydrogen-bond donors (Lipinski definition) is 1. The maximum Gasteiger partial charge on any atom is 0.231 e. The van der Waals surface area contributed by atoms with Crippen LogP contribution in [0.15, 0.2) is 23.6 Å². The Hall–Kier alpha value is -2.45. The van der Waals surface area contributed by atoms with Crippen molar-refractivity contribution in [1.29, 1.82) is 0 Å². The fraction of sp³-hybridized carbons (Fsp3) is 0.476. The minimum absolute atomic E-state index is 0.0253. The van der Waals surface area contributed by atoms with E-state index < -0.39 is 0 Å². The van der Waals surface area contributed by atoms with Crippen molar-refractivity contribution in [2.75, 3.05) is 38.7 Å². The zero-order valence-electron chi connectivity index (χ0n) is 16.5. The maximum atomic E-state index is 12.6. The summed E-state index contributed by atoms with van der Waals surface area (Å²) in [6, 6.07) is 6.10. The molecule has 0 saturated carbocycles. The number of aryl methyl sites for hydroxylation is 1. The van der Waals surface area contributed by atoms with Gasteiger partial charge in [0.2, 0.25) is 11.8 Å². The number of carbonyl (C=O) groups is 2. The Bertz CT molecular complexity index is 898. The lowest BCUT2D eigenvalue weighted by Gasteiger charge is -2.17. The third kappa shape index (κ3) is 4.59. The third-order valence-electron chi connectivity index (χ3n) is 5.30. The summed E-state index contributed by atoms with van der Waals surface area (Å²) in [6.45, 7) is 2.46. The molecule has 2 aromatic rings. The fourth-order valence-electron chi connectivity index (χ4n) is 3.75. The number of hydrogen-bond acceptors (Lipinski definition) is 6. The van der Waals surface area contributed by atoms with E-state index in [9.17, 15) is 9.59 Å². The SMILES string of the molecule is COCCCN1C[C@@H](C(=O)Nc2nc(-c3ccc4c(c3)CCCO4)cs2)CC1=O. The number of aromatic nitrogens is 1. The second-order valence-electron chi connectivity index (χ2n) is 7.39. The lowest BCUT2D eigenvalue weighted by Crippen LogP contribution is -2.29. The topological polar surface area (TPSA) is 80.8 Å². The summed E-state index contributed by atoms with van der Waals surface area (Å²) in [5.41, 5.74) is 3.05. The van der Waals surface area contributed by atoms with E-state index in [-0.39, 0.29) is 24.2 Å². The Balaban J connectivity index is 1.37. The lowest BCUT2D eigenvalue weighted by molar-refractivity contribution is -0.128. The van der Waals surface area contributed by atoms with Gasteiger partial charge in [-0.1, -0.05) is 0 Å². The first kappa shape index (κ1) is 19.8. The number of thiazole rings is 1. The summed E-state index contributed by atoms with van der Waals surface area (Å²) in [5, 5.41) is 5.39. The highest BCUT2D eigenvalue weighted by Crippen LogP contribution is 2.32. The molecule has 8 heteroatoms. The highest BCUT2D eigenvalue weighted by molar-refractivity contribution is 7.14. The van der Waals surface area contributed by atoms with E-state index in [1.807, 2.05) is 17.5 Å². The Morgan fingerprint density at radius 1 is 1.45 bits per heavy atom. The second kappa shape index (κ2) is 8.92. The van der Waals surface area contributed by atoms with Gasteiger partial charge in [-0.05, 0) is 43.0 Å². The molecular weight excluding hydrogens is 390 g/mol. The van der Waals surface area contributed by atoms with Crippen LogP contribution in [0.2, 0.25) is 0 Å². The molecular formula is C21H25N3O4S. The van der Waals surface area contributed by atoms with Gasteiger partial charge in [0.25, 0.3) is 0 Å². The average Bonchev–Trinajstić information content (AvgIpc) is 3.35. The fourth-order valence-corrected chi connectivity index (χ4v) is 4.48. The predicted molar refractivity (Wildman–Crippen MR) is 111 cm³/mol. The van der Waals surface area contributed by atoms with Crippen molar-refractivity contribution in [3.8, 4) is 17.0 Å². The molecule has 2 aliphatic rings. The molecule has 0 aliphatic carbocycles. The van der Waals surface area contributed by atoms with E-state index in [1.165, 1.54) is 16.9 Å². The van der Waals surface area contributed by atoms with Gasteiger partial charge in [0, 0.05) is 44.2 Å². The zero-order chi connectivity index (χ0) is 20.2. The minimum atomic E-state index is -0.335. The average molecular weight is 416 g/mol. The first-order chi connectivity index (χ1) is 14.1. The van der Waals surface area contributed by atoms with E-state index in [0.717, 1.165) is 42.9 Å². The first-order valence-corrected chi connectivity index (χ1v) is 10.8. The number of rotatable bonds is 7. The predicted octanol–water partition coefficient (Wildman–Crippen LogP) is 2.96. The van der Waals surface area contributed by atoms with Crippen LogP contribution < -0.4 is 10.1 Å². The van der Waals surface area contributed by atoms with E-state index in [0.29, 0.717) is 24.8 Å². The summed E-state index contributed by atoms with van der Waals surface area (Å²) in [7, 11) is 1.64. The normalized spacial score (nSPS) is 18.4. The van der Waals surface area contributed by atoms with Crippen molar-refractivity contribution < 1.29 is 19.1 Å². The van der Waals surface area contributed by atoms with E-state index in [4.69, 9.17) is 9.47 Å². The van der Waals surface area contributed by atoms with Crippen LogP contribution in [0.5, 0.6) is 5.75 Å². The molecule has 1 N–H and O–H groups in total. The molecule has 1 atom stereocenters. The van der Waals surface area contributed by atoms with Crippen LogP contribution in [0, 0.1) is 5.92 Å². The molecule has 1 aromatic carbocycles. The quantitative estimate of drug-likeness (QED) is 0.703. The molecule has 0 radical (unpaired) electrons. The monoisotopic (exact) mass is 415 g/mol. The minimum Gasteiger partial charge on any atom is -0.493 e. The van der Waals surface area contributed by atoms with Crippen LogP contribution in [-0.2, 0) is 20.7 Å². The molecule has 1 fully saturated rings. The number of benzene rings is 1. The number of nitrogens with one attached hydrogen (secondary N) is 1. The summed E-state index contributed by atoms with van der Waals surface area (Å²) in [4.78, 5) is 31.0. The van der Waals surface area contributed by atoms with Gasteiger partial charge in [-0.2, -0.15) is 0 Å². The summed E-state index contributed by atoms with van der Waals surface area (Å²) in [5.74, 6) is 0.493. The Morgan fingerprint density at radius 2 is 2.34 bits per heavy atom. The van der Waals surface area contributed by atoms with Crippen LogP contribution in [0.25, 0.3) is 11.3 Å². The molecule has 2 aliphatic heterocycles. The van der Waals surface area contributed by atoms with Gasteiger partial charge < -0.3 is 19.7 Å². The molecule has 4 rings (SSSR count). The molecule has 1 aromatic heterocycles. The van der Waals surface area contributed by atoms with E-state index >= 15 is 0 Å². The Morgan fingerprint density at radius 3 is 3.21 bits per heavy atom. The number of likely N-dealkylation sites (tertiary alicyclic amines) is 1. The van der Waals surface area contributed by atoms with Crippen LogP contribution in [-0.4, -0.2) is 55.1 Å². The van der Waals surface area contributed by atoms with Gasteiger partial charge in [-0.3, -0.25) is 9.59 Å². The van der Waals surface area contributed by atoms with Crippen molar-refractivity contribution in [3.63, 3.8) is 0 Å². The number of fused-ring (bicyclic) bond motifs is 1. The Kier molecular flexibility index (Phi) is 6.10. The number of carbonyl (C=O) groups excluding carboxylic acids is 2. The van der Waals surface area contributed by atoms with Gasteiger partial charge in [0.1, 0.15) is 5.75 Å². The molecule has 0 spiro atoms. The largest absolute Gasteiger partial charge is 0.493 e. The van der Waals surface area contributed by atoms with Gasteiger partial charge in [0.05, 0.1) is 18.2 Å². The number of anilines is 1. The molecule has 154 valence electrons. The van der Waals surface area contributed by atoms with Crippen molar-refractivity contribution in [3.05, 3.63) is 29.1 Å². The molecule has 3 heterocycles. The summed E-state index contributed by atoms with van der Waals surface area (Å²) >= 11 is 1.40. The molecule has 2 amide bonds. The lowest BCUT2D eigenvalue weighted by atomic mass is 10.0. The van der Waals surface area contributed by atoms with Crippen molar-refractivity contribution in [1.82, 2.24) is 9.88 Å². The second-order valence-corrected chi connectivity index (χ2v) is 8.25. The van der Waals surface area contributed by atoms with Crippen LogP contribution in [0.3, 0.4) is 0 Å². The van der Waals surface area contributed by atoms with Crippen LogP contribution >= 0.6 is 11.3 Å². The van der Waals surface area contributed by atoms with Crippen molar-refractivity contribution in [2.24, 2.45) is 5.92 Å². The van der Waals surface area contributed by atoms with Crippen molar-refractivity contribution in [2.45, 2.75) is 25.7 Å². The smallest absolute Gasteiger partial charge is 0.231 e. The van der Waals surface area contributed by atoms with Gasteiger partial charge in [0.15, 0.2) is 5.13 Å². The van der Waals surface area contributed by atoms with Crippen LogP contribution in [0.4, 0.5) is 5.13 Å². The van der Waals surface area contributed by atoms with Gasteiger partial charge >= 0.3 is 0 Å². The number of methoxy groups -OCH3 is 1.